The largest absolute Gasteiger partial charge is 0.370 e. The van der Waals surface area contributed by atoms with Crippen LogP contribution in [0.1, 0.15) is 6.92 Å². The van der Waals surface area contributed by atoms with E-state index in [2.05, 4.69) is 15.3 Å². The standard InChI is InChI=1S/C14H11ClFN3S/c1-2-17-13-9-4-3-8(16)7-11(9)18-14(19-13)12-10(15)5-6-20-12/h3-7H,2H2,1H3,(H,17,18,19). The highest BCUT2D eigenvalue weighted by Crippen LogP contribution is 2.33. The van der Waals surface area contributed by atoms with Gasteiger partial charge in [0.2, 0.25) is 0 Å². The SMILES string of the molecule is CCNc1nc(-c2sccc2Cl)nc2cc(F)ccc12. The van der Waals surface area contributed by atoms with Crippen LogP contribution in [0.4, 0.5) is 10.2 Å². The number of halogens is 2. The number of nitrogens with zero attached hydrogens (tertiary/aromatic N) is 2. The van der Waals surface area contributed by atoms with E-state index in [1.165, 1.54) is 23.5 Å². The van der Waals surface area contributed by atoms with Crippen molar-refractivity contribution in [3.63, 3.8) is 0 Å². The van der Waals surface area contributed by atoms with Gasteiger partial charge in [0.25, 0.3) is 0 Å². The van der Waals surface area contributed by atoms with Gasteiger partial charge in [-0.15, -0.1) is 11.3 Å². The molecule has 0 atom stereocenters. The van der Waals surface area contributed by atoms with E-state index < -0.39 is 0 Å². The fourth-order valence-corrected chi connectivity index (χ4v) is 3.03. The van der Waals surface area contributed by atoms with Crippen molar-refractivity contribution in [2.45, 2.75) is 6.92 Å². The first-order chi connectivity index (χ1) is 9.69. The number of hydrogen-bond donors (Lipinski definition) is 1. The first-order valence-corrected chi connectivity index (χ1v) is 7.39. The fourth-order valence-electron chi connectivity index (χ4n) is 1.96. The quantitative estimate of drug-likeness (QED) is 0.769. The van der Waals surface area contributed by atoms with Gasteiger partial charge < -0.3 is 5.32 Å². The molecule has 0 amide bonds. The molecule has 0 bridgehead atoms. The number of anilines is 1. The second-order valence-electron chi connectivity index (χ2n) is 4.19. The number of nitrogens with one attached hydrogen (secondary N) is 1. The number of rotatable bonds is 3. The molecule has 20 heavy (non-hydrogen) atoms. The molecule has 2 aromatic heterocycles. The second-order valence-corrected chi connectivity index (χ2v) is 5.51. The highest BCUT2D eigenvalue weighted by molar-refractivity contribution is 7.14. The average Bonchev–Trinajstić information content (AvgIpc) is 2.84. The lowest BCUT2D eigenvalue weighted by molar-refractivity contribution is 0.629. The van der Waals surface area contributed by atoms with Gasteiger partial charge >= 0.3 is 0 Å². The van der Waals surface area contributed by atoms with Crippen LogP contribution in [0.2, 0.25) is 5.02 Å². The van der Waals surface area contributed by atoms with Gasteiger partial charge in [-0.3, -0.25) is 0 Å². The third kappa shape index (κ3) is 2.34. The van der Waals surface area contributed by atoms with Crippen LogP contribution in [0.5, 0.6) is 0 Å². The summed E-state index contributed by atoms with van der Waals surface area (Å²) in [5, 5.41) is 6.46. The smallest absolute Gasteiger partial charge is 0.173 e. The highest BCUT2D eigenvalue weighted by Gasteiger charge is 2.13. The lowest BCUT2D eigenvalue weighted by Crippen LogP contribution is -2.02. The Kier molecular flexibility index (Phi) is 3.54. The van der Waals surface area contributed by atoms with Gasteiger partial charge in [0.1, 0.15) is 11.6 Å². The molecule has 0 aliphatic carbocycles. The number of thiophene rings is 1. The molecule has 3 rings (SSSR count). The summed E-state index contributed by atoms with van der Waals surface area (Å²) in [6, 6.07) is 6.29. The van der Waals surface area contributed by atoms with Crippen LogP contribution in [-0.2, 0) is 0 Å². The Labute approximate surface area is 124 Å². The molecule has 1 aromatic carbocycles. The molecule has 0 saturated carbocycles. The first-order valence-electron chi connectivity index (χ1n) is 6.13. The Hall–Kier alpha value is -1.72. The summed E-state index contributed by atoms with van der Waals surface area (Å²) >= 11 is 7.59. The highest BCUT2D eigenvalue weighted by atomic mass is 35.5. The van der Waals surface area contributed by atoms with Crippen LogP contribution in [0.15, 0.2) is 29.6 Å². The summed E-state index contributed by atoms with van der Waals surface area (Å²) in [6.07, 6.45) is 0. The van der Waals surface area contributed by atoms with E-state index in [4.69, 9.17) is 11.6 Å². The van der Waals surface area contributed by atoms with Gasteiger partial charge in [-0.25, -0.2) is 14.4 Å². The van der Waals surface area contributed by atoms with Crippen molar-refractivity contribution in [3.05, 3.63) is 40.5 Å². The molecule has 0 aliphatic rings. The van der Waals surface area contributed by atoms with Gasteiger partial charge in [-0.1, -0.05) is 11.6 Å². The monoisotopic (exact) mass is 307 g/mol. The Morgan fingerprint density at radius 1 is 1.30 bits per heavy atom. The van der Waals surface area contributed by atoms with E-state index in [1.54, 1.807) is 12.1 Å². The van der Waals surface area contributed by atoms with Crippen molar-refractivity contribution in [1.29, 1.82) is 0 Å². The molecular formula is C14H11ClFN3S. The van der Waals surface area contributed by atoms with Gasteiger partial charge in [-0.05, 0) is 30.5 Å². The maximum absolute atomic E-state index is 13.4. The molecule has 102 valence electrons. The summed E-state index contributed by atoms with van der Waals surface area (Å²) in [5.74, 6) is 0.887. The van der Waals surface area contributed by atoms with Crippen molar-refractivity contribution in [2.75, 3.05) is 11.9 Å². The lowest BCUT2D eigenvalue weighted by atomic mass is 10.2. The normalized spacial score (nSPS) is 10.9. The number of fused-ring (bicyclic) bond motifs is 1. The Balaban J connectivity index is 2.26. The minimum absolute atomic E-state index is 0.318. The maximum atomic E-state index is 13.4. The average molecular weight is 308 g/mol. The molecule has 2 heterocycles. The van der Waals surface area contributed by atoms with Gasteiger partial charge in [0, 0.05) is 18.0 Å². The summed E-state index contributed by atoms with van der Waals surface area (Å²) in [5.41, 5.74) is 0.565. The van der Waals surface area contributed by atoms with Crippen LogP contribution in [0.25, 0.3) is 21.6 Å². The fraction of sp³-hybridized carbons (Fsp3) is 0.143. The predicted octanol–water partition coefficient (Wildman–Crippen LogP) is 4.58. The van der Waals surface area contributed by atoms with E-state index >= 15 is 0 Å². The first kappa shape index (κ1) is 13.3. The van der Waals surface area contributed by atoms with Crippen LogP contribution >= 0.6 is 22.9 Å². The van der Waals surface area contributed by atoms with Crippen LogP contribution in [-0.4, -0.2) is 16.5 Å². The molecule has 0 aliphatic heterocycles. The maximum Gasteiger partial charge on any atom is 0.173 e. The van der Waals surface area contributed by atoms with Crippen molar-refractivity contribution in [2.24, 2.45) is 0 Å². The molecule has 0 unspecified atom stereocenters. The van der Waals surface area contributed by atoms with E-state index in [9.17, 15) is 4.39 Å². The molecule has 0 fully saturated rings. The Bertz CT molecular complexity index is 772. The topological polar surface area (TPSA) is 37.8 Å². The minimum atomic E-state index is -0.318. The van der Waals surface area contributed by atoms with E-state index in [-0.39, 0.29) is 5.82 Å². The van der Waals surface area contributed by atoms with Gasteiger partial charge in [-0.2, -0.15) is 0 Å². The van der Waals surface area contributed by atoms with Gasteiger partial charge in [0.05, 0.1) is 15.4 Å². The Morgan fingerprint density at radius 2 is 2.15 bits per heavy atom. The molecule has 6 heteroatoms. The van der Waals surface area contributed by atoms with Crippen molar-refractivity contribution >= 4 is 39.7 Å². The van der Waals surface area contributed by atoms with Crippen LogP contribution < -0.4 is 5.32 Å². The molecule has 3 aromatic rings. The lowest BCUT2D eigenvalue weighted by Gasteiger charge is -2.09. The van der Waals surface area contributed by atoms with E-state index in [0.29, 0.717) is 22.2 Å². The zero-order chi connectivity index (χ0) is 14.1. The zero-order valence-electron chi connectivity index (χ0n) is 10.7. The second kappa shape index (κ2) is 5.34. The molecular weight excluding hydrogens is 297 g/mol. The summed E-state index contributed by atoms with van der Waals surface area (Å²) in [7, 11) is 0. The summed E-state index contributed by atoms with van der Waals surface area (Å²) in [6.45, 7) is 2.70. The number of benzene rings is 1. The van der Waals surface area contributed by atoms with Crippen molar-refractivity contribution in [3.8, 4) is 10.7 Å². The van der Waals surface area contributed by atoms with Crippen molar-refractivity contribution < 1.29 is 4.39 Å². The molecule has 0 spiro atoms. The number of hydrogen-bond acceptors (Lipinski definition) is 4. The summed E-state index contributed by atoms with van der Waals surface area (Å²) in [4.78, 5) is 9.71. The molecule has 0 radical (unpaired) electrons. The van der Waals surface area contributed by atoms with E-state index in [0.717, 1.165) is 16.8 Å². The third-order valence-corrected chi connectivity index (χ3v) is 4.16. The summed E-state index contributed by atoms with van der Waals surface area (Å²) < 4.78 is 13.4. The molecule has 1 N–H and O–H groups in total. The molecule has 0 saturated heterocycles. The predicted molar refractivity (Wildman–Crippen MR) is 82.0 cm³/mol. The van der Waals surface area contributed by atoms with Gasteiger partial charge in [0.15, 0.2) is 5.82 Å². The van der Waals surface area contributed by atoms with Crippen LogP contribution in [0, 0.1) is 5.82 Å². The third-order valence-electron chi connectivity index (χ3n) is 2.82. The minimum Gasteiger partial charge on any atom is -0.370 e. The number of aromatic nitrogens is 2. The van der Waals surface area contributed by atoms with Crippen LogP contribution in [0.3, 0.4) is 0 Å². The Morgan fingerprint density at radius 3 is 2.85 bits per heavy atom. The zero-order valence-corrected chi connectivity index (χ0v) is 12.2. The molecule has 3 nitrogen and oxygen atoms in total. The van der Waals surface area contributed by atoms with E-state index in [1.807, 2.05) is 12.3 Å². The van der Waals surface area contributed by atoms with Crippen molar-refractivity contribution in [1.82, 2.24) is 9.97 Å².